The van der Waals surface area contributed by atoms with Gasteiger partial charge in [-0.15, -0.1) is 0 Å². The molecule has 2 N–H and O–H groups in total. The van der Waals surface area contributed by atoms with Crippen LogP contribution in [0.2, 0.25) is 0 Å². The number of carbonyl (C=O) groups is 1. The Morgan fingerprint density at radius 1 is 1.18 bits per heavy atom. The van der Waals surface area contributed by atoms with Crippen LogP contribution in [0.25, 0.3) is 5.69 Å². The van der Waals surface area contributed by atoms with Gasteiger partial charge in [-0.3, -0.25) is 4.79 Å². The zero-order chi connectivity index (χ0) is 19.6. The first-order valence-corrected chi connectivity index (χ1v) is 9.67. The number of ether oxygens (including phenoxy) is 1. The van der Waals surface area contributed by atoms with Crippen molar-refractivity contribution in [3.63, 3.8) is 0 Å². The topological polar surface area (TPSA) is 70.1 Å². The molecule has 1 aliphatic rings. The second-order valence-corrected chi connectivity index (χ2v) is 7.62. The van der Waals surface area contributed by atoms with Gasteiger partial charge < -0.3 is 15.0 Å². The zero-order valence-corrected chi connectivity index (χ0v) is 16.1. The van der Waals surface area contributed by atoms with E-state index in [1.165, 1.54) is 0 Å². The summed E-state index contributed by atoms with van der Waals surface area (Å²) < 4.78 is 8.02. The van der Waals surface area contributed by atoms with Gasteiger partial charge in [-0.1, -0.05) is 30.7 Å². The average molecular weight is 375 g/mol. The lowest BCUT2D eigenvalue weighted by molar-refractivity contribution is -0.132. The molecule has 3 aromatic rings. The summed E-state index contributed by atoms with van der Waals surface area (Å²) in [6.07, 6.45) is 7.29. The largest absolute Gasteiger partial charge is 0.489 e. The lowest BCUT2D eigenvalue weighted by Gasteiger charge is -2.39. The van der Waals surface area contributed by atoms with Crippen LogP contribution >= 0.6 is 0 Å². The van der Waals surface area contributed by atoms with E-state index in [9.17, 15) is 4.79 Å². The summed E-state index contributed by atoms with van der Waals surface area (Å²) in [6, 6.07) is 16.2. The SMILES string of the molecule is Cc1nccn1-c1ccc(COc2cccc(CC3(C(N)=O)CCC3)c2)cc1. The van der Waals surface area contributed by atoms with Gasteiger partial charge in [0.05, 0.1) is 5.41 Å². The van der Waals surface area contributed by atoms with E-state index in [1.54, 1.807) is 6.20 Å². The van der Waals surface area contributed by atoms with E-state index in [-0.39, 0.29) is 11.3 Å². The number of benzene rings is 2. The number of hydrogen-bond donors (Lipinski definition) is 1. The summed E-state index contributed by atoms with van der Waals surface area (Å²) in [5, 5.41) is 0. The minimum absolute atomic E-state index is 0.182. The smallest absolute Gasteiger partial charge is 0.223 e. The fourth-order valence-electron chi connectivity index (χ4n) is 3.82. The summed E-state index contributed by atoms with van der Waals surface area (Å²) in [5.74, 6) is 1.59. The van der Waals surface area contributed by atoms with E-state index in [1.807, 2.05) is 42.0 Å². The Morgan fingerprint density at radius 2 is 1.96 bits per heavy atom. The molecule has 28 heavy (non-hydrogen) atoms. The zero-order valence-electron chi connectivity index (χ0n) is 16.1. The highest BCUT2D eigenvalue weighted by Crippen LogP contribution is 2.43. The molecule has 0 radical (unpaired) electrons. The molecule has 1 fully saturated rings. The van der Waals surface area contributed by atoms with Crippen LogP contribution in [0.3, 0.4) is 0 Å². The normalized spacial score (nSPS) is 15.0. The molecule has 0 atom stereocenters. The van der Waals surface area contributed by atoms with Crippen LogP contribution in [0.4, 0.5) is 0 Å². The van der Waals surface area contributed by atoms with Crippen LogP contribution in [-0.4, -0.2) is 15.5 Å². The third kappa shape index (κ3) is 3.65. The number of carbonyl (C=O) groups excluding carboxylic acids is 1. The van der Waals surface area contributed by atoms with E-state index in [0.29, 0.717) is 13.0 Å². The number of imidazole rings is 1. The van der Waals surface area contributed by atoms with Gasteiger partial charge in [-0.25, -0.2) is 4.98 Å². The van der Waals surface area contributed by atoms with E-state index in [2.05, 4.69) is 29.2 Å². The Labute approximate surface area is 165 Å². The highest BCUT2D eigenvalue weighted by Gasteiger charge is 2.42. The summed E-state index contributed by atoms with van der Waals surface area (Å²) in [7, 11) is 0. The van der Waals surface area contributed by atoms with Crippen molar-refractivity contribution in [3.05, 3.63) is 77.9 Å². The van der Waals surface area contributed by atoms with Crippen LogP contribution in [0, 0.1) is 12.3 Å². The summed E-state index contributed by atoms with van der Waals surface area (Å²) in [4.78, 5) is 16.1. The fraction of sp³-hybridized carbons (Fsp3) is 0.304. The van der Waals surface area contributed by atoms with Gasteiger partial charge in [-0.05, 0) is 61.6 Å². The molecule has 1 heterocycles. The van der Waals surface area contributed by atoms with Crippen molar-refractivity contribution in [2.45, 2.75) is 39.2 Å². The molecule has 1 amide bonds. The first-order chi connectivity index (χ1) is 13.6. The van der Waals surface area contributed by atoms with Crippen molar-refractivity contribution in [2.75, 3.05) is 0 Å². The maximum Gasteiger partial charge on any atom is 0.223 e. The van der Waals surface area contributed by atoms with E-state index >= 15 is 0 Å². The lowest BCUT2D eigenvalue weighted by Crippen LogP contribution is -2.44. The van der Waals surface area contributed by atoms with Gasteiger partial charge in [0.15, 0.2) is 0 Å². The Balaban J connectivity index is 1.40. The molecule has 5 heteroatoms. The second-order valence-electron chi connectivity index (χ2n) is 7.62. The van der Waals surface area contributed by atoms with Crippen molar-refractivity contribution >= 4 is 5.91 Å². The minimum Gasteiger partial charge on any atom is -0.489 e. The quantitative estimate of drug-likeness (QED) is 0.679. The Kier molecular flexibility index (Phi) is 4.90. The van der Waals surface area contributed by atoms with Crippen molar-refractivity contribution in [3.8, 4) is 11.4 Å². The first kappa shape index (κ1) is 18.3. The molecular weight excluding hydrogens is 350 g/mol. The number of hydrogen-bond acceptors (Lipinski definition) is 3. The number of rotatable bonds is 7. The van der Waals surface area contributed by atoms with Gasteiger partial charge in [-0.2, -0.15) is 0 Å². The third-order valence-electron chi connectivity index (χ3n) is 5.72. The molecule has 144 valence electrons. The second kappa shape index (κ2) is 7.50. The Bertz CT molecular complexity index is 972. The molecule has 1 saturated carbocycles. The third-order valence-corrected chi connectivity index (χ3v) is 5.72. The van der Waals surface area contributed by atoms with Crippen LogP contribution in [0.1, 0.15) is 36.2 Å². The molecule has 2 aromatic carbocycles. The number of amides is 1. The molecule has 0 spiro atoms. The molecular formula is C23H25N3O2. The van der Waals surface area contributed by atoms with Crippen molar-refractivity contribution < 1.29 is 9.53 Å². The standard InChI is InChI=1S/C23H25N3O2/c1-17-25-12-13-26(17)20-8-6-18(7-9-20)16-28-21-5-2-4-19(14-21)15-23(22(24)27)10-3-11-23/h2,4-9,12-14H,3,10-11,15-16H2,1H3,(H2,24,27). The Hall–Kier alpha value is -3.08. The van der Waals surface area contributed by atoms with Crippen LogP contribution in [-0.2, 0) is 17.8 Å². The van der Waals surface area contributed by atoms with E-state index < -0.39 is 0 Å². The number of aromatic nitrogens is 2. The predicted octanol–water partition coefficient (Wildman–Crippen LogP) is 3.96. The molecule has 0 bridgehead atoms. The fourth-order valence-corrected chi connectivity index (χ4v) is 3.82. The van der Waals surface area contributed by atoms with E-state index in [0.717, 1.165) is 47.7 Å². The molecule has 4 rings (SSSR count). The first-order valence-electron chi connectivity index (χ1n) is 9.67. The van der Waals surface area contributed by atoms with Gasteiger partial charge in [0.1, 0.15) is 18.2 Å². The number of nitrogens with two attached hydrogens (primary N) is 1. The van der Waals surface area contributed by atoms with Crippen molar-refractivity contribution in [1.82, 2.24) is 9.55 Å². The molecule has 5 nitrogen and oxygen atoms in total. The number of aryl methyl sites for hydroxylation is 1. The van der Waals surface area contributed by atoms with Gasteiger partial charge in [0.2, 0.25) is 5.91 Å². The molecule has 1 aromatic heterocycles. The van der Waals surface area contributed by atoms with Crippen molar-refractivity contribution in [2.24, 2.45) is 11.1 Å². The maximum atomic E-state index is 11.8. The summed E-state index contributed by atoms with van der Waals surface area (Å²) >= 11 is 0. The summed E-state index contributed by atoms with van der Waals surface area (Å²) in [5.41, 5.74) is 8.55. The number of nitrogens with zero attached hydrogens (tertiary/aromatic N) is 2. The molecule has 0 saturated heterocycles. The number of primary amides is 1. The lowest BCUT2D eigenvalue weighted by atomic mass is 9.65. The molecule has 0 unspecified atom stereocenters. The highest BCUT2D eigenvalue weighted by atomic mass is 16.5. The van der Waals surface area contributed by atoms with E-state index in [4.69, 9.17) is 10.5 Å². The molecule has 0 aliphatic heterocycles. The summed E-state index contributed by atoms with van der Waals surface area (Å²) in [6.45, 7) is 2.48. The average Bonchev–Trinajstić information content (AvgIpc) is 3.09. The van der Waals surface area contributed by atoms with Crippen molar-refractivity contribution in [1.29, 1.82) is 0 Å². The van der Waals surface area contributed by atoms with Gasteiger partial charge in [0, 0.05) is 18.1 Å². The maximum absolute atomic E-state index is 11.8. The van der Waals surface area contributed by atoms with Gasteiger partial charge in [0.25, 0.3) is 0 Å². The Morgan fingerprint density at radius 3 is 2.57 bits per heavy atom. The predicted molar refractivity (Wildman–Crippen MR) is 108 cm³/mol. The van der Waals surface area contributed by atoms with Crippen LogP contribution in [0.5, 0.6) is 5.75 Å². The van der Waals surface area contributed by atoms with Crippen LogP contribution < -0.4 is 10.5 Å². The highest BCUT2D eigenvalue weighted by molar-refractivity contribution is 5.82. The molecule has 1 aliphatic carbocycles. The minimum atomic E-state index is -0.361. The van der Waals surface area contributed by atoms with Gasteiger partial charge >= 0.3 is 0 Å². The monoisotopic (exact) mass is 375 g/mol. The van der Waals surface area contributed by atoms with Crippen LogP contribution in [0.15, 0.2) is 60.9 Å².